The van der Waals surface area contributed by atoms with Crippen molar-refractivity contribution in [1.29, 1.82) is 0 Å². The summed E-state index contributed by atoms with van der Waals surface area (Å²) in [5.74, 6) is 1.28. The third-order valence-corrected chi connectivity index (χ3v) is 5.76. The molecule has 29 heavy (non-hydrogen) atoms. The Labute approximate surface area is 171 Å². The molecule has 0 N–H and O–H groups in total. The SMILES string of the molecule is Cc1nccc(C2CCN(C(=O)c3ccc(-c4nncc(C)c4C)cc3)CC2)n1. The summed E-state index contributed by atoms with van der Waals surface area (Å²) in [5, 5.41) is 8.32. The number of rotatable bonds is 3. The molecule has 1 aliphatic heterocycles. The van der Waals surface area contributed by atoms with Crippen molar-refractivity contribution < 1.29 is 4.79 Å². The normalized spacial score (nSPS) is 14.8. The van der Waals surface area contributed by atoms with Gasteiger partial charge in [-0.25, -0.2) is 9.97 Å². The minimum absolute atomic E-state index is 0.0842. The van der Waals surface area contributed by atoms with Crippen LogP contribution in [0.3, 0.4) is 0 Å². The van der Waals surface area contributed by atoms with Gasteiger partial charge in [-0.05, 0) is 62.9 Å². The van der Waals surface area contributed by atoms with E-state index in [1.54, 1.807) is 6.20 Å². The molecule has 0 bridgehead atoms. The average molecular weight is 387 g/mol. The molecule has 6 heteroatoms. The molecule has 0 spiro atoms. The molecule has 2 aromatic heterocycles. The van der Waals surface area contributed by atoms with Gasteiger partial charge in [0.25, 0.3) is 5.91 Å². The van der Waals surface area contributed by atoms with E-state index in [2.05, 4.69) is 20.2 Å². The van der Waals surface area contributed by atoms with E-state index < -0.39 is 0 Å². The molecule has 1 saturated heterocycles. The van der Waals surface area contributed by atoms with Crippen molar-refractivity contribution in [3.05, 3.63) is 70.9 Å². The van der Waals surface area contributed by atoms with E-state index in [9.17, 15) is 4.79 Å². The summed E-state index contributed by atoms with van der Waals surface area (Å²) in [7, 11) is 0. The number of carbonyl (C=O) groups excluding carboxylic acids is 1. The fourth-order valence-corrected chi connectivity index (χ4v) is 3.84. The van der Waals surface area contributed by atoms with E-state index in [4.69, 9.17) is 0 Å². The molecule has 0 atom stereocenters. The van der Waals surface area contributed by atoms with Gasteiger partial charge in [0.1, 0.15) is 5.82 Å². The first-order valence-electron chi connectivity index (χ1n) is 10.0. The Hall–Kier alpha value is -3.15. The molecule has 4 rings (SSSR count). The van der Waals surface area contributed by atoms with Crippen LogP contribution in [0, 0.1) is 20.8 Å². The van der Waals surface area contributed by atoms with Gasteiger partial charge in [-0.15, -0.1) is 0 Å². The second-order valence-corrected chi connectivity index (χ2v) is 7.67. The quantitative estimate of drug-likeness (QED) is 0.682. The number of likely N-dealkylation sites (tertiary alicyclic amines) is 1. The van der Waals surface area contributed by atoms with Crippen molar-refractivity contribution in [3.63, 3.8) is 0 Å². The standard InChI is InChI=1S/C23H25N5O/c1-15-14-25-27-22(16(15)2)19-4-6-20(7-5-19)23(29)28-12-9-18(10-13-28)21-8-11-24-17(3)26-21/h4-8,11,14,18H,9-10,12-13H2,1-3H3. The van der Waals surface area contributed by atoms with Crippen LogP contribution in [0.4, 0.5) is 0 Å². The number of benzene rings is 1. The number of hydrogen-bond donors (Lipinski definition) is 0. The lowest BCUT2D eigenvalue weighted by molar-refractivity contribution is 0.0712. The molecule has 1 aliphatic rings. The minimum atomic E-state index is 0.0842. The number of aryl methyl sites for hydroxylation is 2. The zero-order chi connectivity index (χ0) is 20.4. The maximum Gasteiger partial charge on any atom is 0.253 e. The smallest absolute Gasteiger partial charge is 0.253 e. The van der Waals surface area contributed by atoms with Gasteiger partial charge in [-0.2, -0.15) is 10.2 Å². The second-order valence-electron chi connectivity index (χ2n) is 7.67. The minimum Gasteiger partial charge on any atom is -0.339 e. The number of aromatic nitrogens is 4. The summed E-state index contributed by atoms with van der Waals surface area (Å²) in [6.07, 6.45) is 5.44. The van der Waals surface area contributed by atoms with Crippen LogP contribution in [-0.2, 0) is 0 Å². The summed E-state index contributed by atoms with van der Waals surface area (Å²) in [5.41, 5.74) is 5.86. The maximum atomic E-state index is 12.9. The van der Waals surface area contributed by atoms with Crippen LogP contribution >= 0.6 is 0 Å². The van der Waals surface area contributed by atoms with Crippen molar-refractivity contribution in [3.8, 4) is 11.3 Å². The predicted molar refractivity (Wildman–Crippen MR) is 112 cm³/mol. The van der Waals surface area contributed by atoms with Crippen molar-refractivity contribution >= 4 is 5.91 Å². The predicted octanol–water partition coefficient (Wildman–Crippen LogP) is 3.88. The van der Waals surface area contributed by atoms with E-state index in [0.717, 1.165) is 59.8 Å². The molecule has 0 aliphatic carbocycles. The average Bonchev–Trinajstić information content (AvgIpc) is 2.75. The van der Waals surface area contributed by atoms with Gasteiger partial charge >= 0.3 is 0 Å². The molecule has 6 nitrogen and oxygen atoms in total. The molecule has 3 aromatic rings. The van der Waals surface area contributed by atoms with Crippen LogP contribution in [-0.4, -0.2) is 44.1 Å². The lowest BCUT2D eigenvalue weighted by Gasteiger charge is -2.32. The monoisotopic (exact) mass is 387 g/mol. The third kappa shape index (κ3) is 4.01. The largest absolute Gasteiger partial charge is 0.339 e. The zero-order valence-electron chi connectivity index (χ0n) is 17.1. The number of amides is 1. The van der Waals surface area contributed by atoms with Gasteiger partial charge in [0.15, 0.2) is 0 Å². The Morgan fingerprint density at radius 2 is 1.76 bits per heavy atom. The van der Waals surface area contributed by atoms with E-state index in [-0.39, 0.29) is 5.91 Å². The molecule has 148 valence electrons. The van der Waals surface area contributed by atoms with Gasteiger partial charge < -0.3 is 4.90 Å². The van der Waals surface area contributed by atoms with E-state index in [0.29, 0.717) is 11.5 Å². The van der Waals surface area contributed by atoms with Crippen LogP contribution in [0.25, 0.3) is 11.3 Å². The van der Waals surface area contributed by atoms with Gasteiger partial charge in [-0.1, -0.05) is 12.1 Å². The first-order valence-corrected chi connectivity index (χ1v) is 10.0. The molecule has 1 amide bonds. The fraction of sp³-hybridized carbons (Fsp3) is 0.348. The summed E-state index contributed by atoms with van der Waals surface area (Å²) in [6, 6.07) is 9.69. The first kappa shape index (κ1) is 19.2. The number of piperidine rings is 1. The van der Waals surface area contributed by atoms with Crippen LogP contribution < -0.4 is 0 Å². The first-order chi connectivity index (χ1) is 14.0. The Morgan fingerprint density at radius 3 is 2.45 bits per heavy atom. The summed E-state index contributed by atoms with van der Waals surface area (Å²) in [4.78, 5) is 23.6. The van der Waals surface area contributed by atoms with Gasteiger partial charge in [-0.3, -0.25) is 4.79 Å². The highest BCUT2D eigenvalue weighted by Gasteiger charge is 2.25. The molecule has 1 aromatic carbocycles. The van der Waals surface area contributed by atoms with Crippen LogP contribution in [0.5, 0.6) is 0 Å². The number of carbonyl (C=O) groups is 1. The Balaban J connectivity index is 1.43. The molecule has 0 saturated carbocycles. The van der Waals surface area contributed by atoms with E-state index in [1.165, 1.54) is 0 Å². The number of nitrogens with zero attached hydrogens (tertiary/aromatic N) is 5. The highest BCUT2D eigenvalue weighted by molar-refractivity contribution is 5.94. The summed E-state index contributed by atoms with van der Waals surface area (Å²) >= 11 is 0. The Kier molecular flexibility index (Phi) is 5.34. The van der Waals surface area contributed by atoms with Crippen LogP contribution in [0.2, 0.25) is 0 Å². The summed E-state index contributed by atoms with van der Waals surface area (Å²) in [6.45, 7) is 7.47. The fourth-order valence-electron chi connectivity index (χ4n) is 3.84. The lowest BCUT2D eigenvalue weighted by atomic mass is 9.93. The van der Waals surface area contributed by atoms with Crippen molar-refractivity contribution in [1.82, 2.24) is 25.1 Å². The van der Waals surface area contributed by atoms with E-state index >= 15 is 0 Å². The molecular weight excluding hydrogens is 362 g/mol. The van der Waals surface area contributed by atoms with Gasteiger partial charge in [0, 0.05) is 42.0 Å². The molecular formula is C23H25N5O. The van der Waals surface area contributed by atoms with Gasteiger partial charge in [0.2, 0.25) is 0 Å². The summed E-state index contributed by atoms with van der Waals surface area (Å²) < 4.78 is 0. The highest BCUT2D eigenvalue weighted by atomic mass is 16.2. The van der Waals surface area contributed by atoms with Crippen molar-refractivity contribution in [2.75, 3.05) is 13.1 Å². The Morgan fingerprint density at radius 1 is 1.03 bits per heavy atom. The van der Waals surface area contributed by atoms with Crippen LogP contribution in [0.15, 0.2) is 42.7 Å². The van der Waals surface area contributed by atoms with Crippen molar-refractivity contribution in [2.45, 2.75) is 39.5 Å². The zero-order valence-corrected chi connectivity index (χ0v) is 17.1. The lowest BCUT2D eigenvalue weighted by Crippen LogP contribution is -2.38. The maximum absolute atomic E-state index is 12.9. The molecule has 0 radical (unpaired) electrons. The van der Waals surface area contributed by atoms with Crippen molar-refractivity contribution in [2.24, 2.45) is 0 Å². The Bertz CT molecular complexity index is 1020. The molecule has 1 fully saturated rings. The van der Waals surface area contributed by atoms with Crippen LogP contribution in [0.1, 0.15) is 51.8 Å². The van der Waals surface area contributed by atoms with E-state index in [1.807, 2.05) is 62.2 Å². The topological polar surface area (TPSA) is 71.9 Å². The highest BCUT2D eigenvalue weighted by Crippen LogP contribution is 2.28. The molecule has 3 heterocycles. The van der Waals surface area contributed by atoms with Gasteiger partial charge in [0.05, 0.1) is 11.9 Å². The number of hydrogen-bond acceptors (Lipinski definition) is 5. The second kappa shape index (κ2) is 8.07. The molecule has 0 unspecified atom stereocenters. The third-order valence-electron chi connectivity index (χ3n) is 5.76.